The van der Waals surface area contributed by atoms with E-state index in [0.717, 1.165) is 28.1 Å². The molecule has 1 atom stereocenters. The summed E-state index contributed by atoms with van der Waals surface area (Å²) in [5.74, 6) is 2.23. The molecule has 2 N–H and O–H groups in total. The summed E-state index contributed by atoms with van der Waals surface area (Å²) in [6.45, 7) is 4.75. The van der Waals surface area contributed by atoms with Crippen molar-refractivity contribution in [2.24, 2.45) is 0 Å². The van der Waals surface area contributed by atoms with Crippen LogP contribution in [0.4, 0.5) is 11.5 Å². The van der Waals surface area contributed by atoms with E-state index in [9.17, 15) is 9.90 Å². The second-order valence-corrected chi connectivity index (χ2v) is 9.00. The zero-order valence-electron chi connectivity index (χ0n) is 21.3. The number of benzene rings is 2. The van der Waals surface area contributed by atoms with E-state index < -0.39 is 6.61 Å². The highest BCUT2D eigenvalue weighted by Gasteiger charge is 2.27. The summed E-state index contributed by atoms with van der Waals surface area (Å²) in [5.41, 5.74) is 3.41. The number of anilines is 2. The second-order valence-electron chi connectivity index (χ2n) is 9.00. The number of aliphatic hydroxyl groups is 1. The van der Waals surface area contributed by atoms with Gasteiger partial charge < -0.3 is 29.5 Å². The van der Waals surface area contributed by atoms with Crippen LogP contribution in [0.1, 0.15) is 11.3 Å². The number of carbonyl (C=O) groups excluding carboxylic acids is 1. The molecule has 10 nitrogen and oxygen atoms in total. The molecule has 4 aromatic rings. The van der Waals surface area contributed by atoms with Crippen molar-refractivity contribution in [2.75, 3.05) is 38.3 Å². The minimum Gasteiger partial charge on any atom is -0.490 e. The first kappa shape index (κ1) is 25.4. The Labute approximate surface area is 220 Å². The first-order chi connectivity index (χ1) is 18.5. The highest BCUT2D eigenvalue weighted by atomic mass is 16.5. The number of ether oxygens (including phenoxy) is 3. The van der Waals surface area contributed by atoms with Crippen LogP contribution < -0.4 is 14.8 Å². The minimum absolute atomic E-state index is 0.207. The van der Waals surface area contributed by atoms with Crippen molar-refractivity contribution >= 4 is 28.3 Å². The maximum atomic E-state index is 12.1. The summed E-state index contributed by atoms with van der Waals surface area (Å²) >= 11 is 0. The number of aromatic nitrogens is 3. The number of fused-ring (bicyclic) bond motifs is 1. The van der Waals surface area contributed by atoms with Crippen LogP contribution in [0.2, 0.25) is 0 Å². The van der Waals surface area contributed by atoms with Crippen molar-refractivity contribution in [1.29, 1.82) is 0 Å². The van der Waals surface area contributed by atoms with Gasteiger partial charge in [-0.05, 0) is 61.9 Å². The highest BCUT2D eigenvalue weighted by molar-refractivity contribution is 5.95. The van der Waals surface area contributed by atoms with Crippen LogP contribution in [0.15, 0.2) is 61.1 Å². The Morgan fingerprint density at radius 2 is 2.03 bits per heavy atom. The highest BCUT2D eigenvalue weighted by Crippen LogP contribution is 2.33. The third-order valence-corrected chi connectivity index (χ3v) is 6.29. The van der Waals surface area contributed by atoms with Crippen molar-refractivity contribution in [1.82, 2.24) is 19.9 Å². The number of nitrogens with zero attached hydrogens (tertiary/aromatic N) is 4. The van der Waals surface area contributed by atoms with Gasteiger partial charge >= 0.3 is 0 Å². The summed E-state index contributed by atoms with van der Waals surface area (Å²) < 4.78 is 17.7. The third kappa shape index (κ3) is 5.66. The van der Waals surface area contributed by atoms with Crippen LogP contribution in [0.5, 0.6) is 17.2 Å². The lowest BCUT2D eigenvalue weighted by Gasteiger charge is -2.35. The lowest BCUT2D eigenvalue weighted by atomic mass is 10.1. The molecule has 1 unspecified atom stereocenters. The molecule has 0 aliphatic carbocycles. The number of carbonyl (C=O) groups is 1. The van der Waals surface area contributed by atoms with Crippen molar-refractivity contribution in [3.63, 3.8) is 0 Å². The van der Waals surface area contributed by atoms with Gasteiger partial charge in [-0.25, -0.2) is 9.97 Å². The van der Waals surface area contributed by atoms with E-state index in [4.69, 9.17) is 14.2 Å². The number of pyridine rings is 1. The zero-order chi connectivity index (χ0) is 26.5. The lowest BCUT2D eigenvalue weighted by Crippen LogP contribution is -2.52. The van der Waals surface area contributed by atoms with Crippen molar-refractivity contribution in [3.05, 3.63) is 72.3 Å². The zero-order valence-corrected chi connectivity index (χ0v) is 21.3. The molecule has 5 rings (SSSR count). The molecule has 1 fully saturated rings. The normalized spacial score (nSPS) is 15.3. The smallest absolute Gasteiger partial charge is 0.248 e. The number of aryl methyl sites for hydroxylation is 2. The Morgan fingerprint density at radius 1 is 1.13 bits per heavy atom. The molecule has 1 aliphatic rings. The first-order valence-corrected chi connectivity index (χ1v) is 12.3. The maximum Gasteiger partial charge on any atom is 0.248 e. The molecular formula is C28H29N5O5. The molecule has 10 heteroatoms. The van der Waals surface area contributed by atoms with Crippen molar-refractivity contribution < 1.29 is 24.1 Å². The van der Waals surface area contributed by atoms with Gasteiger partial charge in [-0.2, -0.15) is 0 Å². The number of nitrogens with one attached hydrogen (secondary N) is 1. The van der Waals surface area contributed by atoms with E-state index >= 15 is 0 Å². The predicted molar refractivity (Wildman–Crippen MR) is 142 cm³/mol. The van der Waals surface area contributed by atoms with Crippen LogP contribution in [-0.2, 0) is 9.53 Å². The van der Waals surface area contributed by atoms with Gasteiger partial charge in [0.2, 0.25) is 5.91 Å². The van der Waals surface area contributed by atoms with E-state index in [1.807, 2.05) is 62.4 Å². The van der Waals surface area contributed by atoms with E-state index in [-0.39, 0.29) is 18.6 Å². The average molecular weight is 516 g/mol. The lowest BCUT2D eigenvalue weighted by molar-refractivity contribution is -0.144. The Kier molecular flexibility index (Phi) is 7.62. The van der Waals surface area contributed by atoms with E-state index in [2.05, 4.69) is 20.3 Å². The number of amides is 1. The Balaban J connectivity index is 1.36. The van der Waals surface area contributed by atoms with Gasteiger partial charge in [0, 0.05) is 17.9 Å². The van der Waals surface area contributed by atoms with Gasteiger partial charge in [0.05, 0.1) is 36.4 Å². The fourth-order valence-corrected chi connectivity index (χ4v) is 4.31. The summed E-state index contributed by atoms with van der Waals surface area (Å²) in [4.78, 5) is 26.9. The standard InChI is InChI=1S/C28H29N5O5/c1-18-12-20(7-9-24(18)38-22-8-6-19(2)29-13-22)32-28-27-23(30-17-31-28)4-3-5-25(27)37-16-21-15-36-11-10-33(21)26(35)14-34/h3-9,12-13,17,21,34H,10-11,14-16H2,1-2H3,(H,30,31,32). The van der Waals surface area contributed by atoms with Gasteiger partial charge in [-0.15, -0.1) is 0 Å². The van der Waals surface area contributed by atoms with E-state index in [1.54, 1.807) is 11.1 Å². The molecule has 0 saturated carbocycles. The third-order valence-electron chi connectivity index (χ3n) is 6.29. The largest absolute Gasteiger partial charge is 0.490 e. The van der Waals surface area contributed by atoms with E-state index in [0.29, 0.717) is 42.6 Å². The number of hydrogen-bond acceptors (Lipinski definition) is 9. The summed E-state index contributed by atoms with van der Waals surface area (Å²) in [5, 5.41) is 13.4. The number of rotatable bonds is 8. The van der Waals surface area contributed by atoms with Gasteiger partial charge in [-0.1, -0.05) is 6.07 Å². The van der Waals surface area contributed by atoms with E-state index in [1.165, 1.54) is 6.33 Å². The molecule has 0 bridgehead atoms. The fraction of sp³-hybridized carbons (Fsp3) is 0.286. The monoisotopic (exact) mass is 515 g/mol. The summed E-state index contributed by atoms with van der Waals surface area (Å²) in [6.07, 6.45) is 3.20. The van der Waals surface area contributed by atoms with Gasteiger partial charge in [0.1, 0.15) is 42.6 Å². The number of hydrogen-bond donors (Lipinski definition) is 2. The van der Waals surface area contributed by atoms with Gasteiger partial charge in [0.25, 0.3) is 0 Å². The van der Waals surface area contributed by atoms with Crippen LogP contribution >= 0.6 is 0 Å². The molecule has 196 valence electrons. The predicted octanol–water partition coefficient (Wildman–Crippen LogP) is 3.78. The quantitative estimate of drug-likeness (QED) is 0.361. The fourth-order valence-electron chi connectivity index (χ4n) is 4.31. The molecule has 2 aromatic carbocycles. The van der Waals surface area contributed by atoms with Crippen LogP contribution in [-0.4, -0.2) is 69.9 Å². The maximum absolute atomic E-state index is 12.1. The number of morpholine rings is 1. The van der Waals surface area contributed by atoms with Crippen molar-refractivity contribution in [2.45, 2.75) is 19.9 Å². The summed E-state index contributed by atoms with van der Waals surface area (Å²) in [7, 11) is 0. The Hall–Kier alpha value is -4.28. The molecule has 0 spiro atoms. The molecule has 1 amide bonds. The van der Waals surface area contributed by atoms with Crippen molar-refractivity contribution in [3.8, 4) is 17.2 Å². The summed E-state index contributed by atoms with van der Waals surface area (Å²) in [6, 6.07) is 14.9. The molecule has 1 aliphatic heterocycles. The average Bonchev–Trinajstić information content (AvgIpc) is 2.94. The molecule has 2 aromatic heterocycles. The van der Waals surface area contributed by atoms with Gasteiger partial charge in [0.15, 0.2) is 0 Å². The van der Waals surface area contributed by atoms with Crippen LogP contribution in [0.3, 0.4) is 0 Å². The Bertz CT molecular complexity index is 1420. The van der Waals surface area contributed by atoms with Gasteiger partial charge in [-0.3, -0.25) is 9.78 Å². The van der Waals surface area contributed by atoms with Crippen LogP contribution in [0.25, 0.3) is 10.9 Å². The molecule has 38 heavy (non-hydrogen) atoms. The topological polar surface area (TPSA) is 119 Å². The molecular weight excluding hydrogens is 486 g/mol. The number of aliphatic hydroxyl groups excluding tert-OH is 1. The molecule has 3 heterocycles. The molecule has 0 radical (unpaired) electrons. The molecule has 1 saturated heterocycles. The first-order valence-electron chi connectivity index (χ1n) is 12.3. The Morgan fingerprint density at radius 3 is 2.82 bits per heavy atom. The minimum atomic E-state index is -0.544. The second kappa shape index (κ2) is 11.4. The van der Waals surface area contributed by atoms with Crippen LogP contribution in [0, 0.1) is 13.8 Å². The SMILES string of the molecule is Cc1ccc(Oc2ccc(Nc3ncnc4cccc(OCC5COCCN5C(=O)CO)c34)cc2C)cn1.